The van der Waals surface area contributed by atoms with E-state index in [1.165, 1.54) is 5.56 Å². The quantitative estimate of drug-likeness (QED) is 0.302. The molecule has 1 aromatic carbocycles. The van der Waals surface area contributed by atoms with E-state index in [0.717, 1.165) is 32.1 Å². The average molecular weight is 365 g/mol. The molecule has 148 valence electrons. The second kappa shape index (κ2) is 12.7. The van der Waals surface area contributed by atoms with Crippen molar-refractivity contribution in [1.82, 2.24) is 16.0 Å². The molecule has 1 atom stereocenters. The molecule has 0 aliphatic heterocycles. The summed E-state index contributed by atoms with van der Waals surface area (Å²) in [6.45, 7) is 10.2. The minimum absolute atomic E-state index is 0.0733. The Bertz CT molecular complexity index is 506. The normalized spacial score (nSPS) is 13.5. The van der Waals surface area contributed by atoms with Crippen molar-refractivity contribution in [1.29, 1.82) is 0 Å². The molecule has 0 aromatic heterocycles. The smallest absolute Gasteiger partial charge is 0.191 e. The van der Waals surface area contributed by atoms with Crippen molar-refractivity contribution in [2.24, 2.45) is 4.99 Å². The SMILES string of the molecule is CN=C(NCCCOCCOC)NCC(C)(C)NC(C)c1ccccc1. The zero-order valence-corrected chi connectivity index (χ0v) is 17.0. The van der Waals surface area contributed by atoms with Gasteiger partial charge in [0.1, 0.15) is 0 Å². The van der Waals surface area contributed by atoms with Gasteiger partial charge in [-0.1, -0.05) is 30.3 Å². The van der Waals surface area contributed by atoms with Crippen LogP contribution in [0.5, 0.6) is 0 Å². The first-order chi connectivity index (χ1) is 12.5. The van der Waals surface area contributed by atoms with Crippen molar-refractivity contribution < 1.29 is 9.47 Å². The van der Waals surface area contributed by atoms with Crippen LogP contribution in [0.3, 0.4) is 0 Å². The van der Waals surface area contributed by atoms with Crippen LogP contribution in [0.1, 0.15) is 38.8 Å². The molecule has 6 nitrogen and oxygen atoms in total. The fraction of sp³-hybridized carbons (Fsp3) is 0.650. The van der Waals surface area contributed by atoms with E-state index in [0.29, 0.717) is 13.2 Å². The third-order valence-corrected chi connectivity index (χ3v) is 4.02. The predicted molar refractivity (Wildman–Crippen MR) is 109 cm³/mol. The van der Waals surface area contributed by atoms with Gasteiger partial charge in [0.05, 0.1) is 13.2 Å². The van der Waals surface area contributed by atoms with Gasteiger partial charge in [0.2, 0.25) is 0 Å². The molecule has 1 unspecified atom stereocenters. The van der Waals surface area contributed by atoms with Crippen molar-refractivity contribution in [3.05, 3.63) is 35.9 Å². The summed E-state index contributed by atoms with van der Waals surface area (Å²) in [4.78, 5) is 4.28. The van der Waals surface area contributed by atoms with E-state index in [4.69, 9.17) is 9.47 Å². The van der Waals surface area contributed by atoms with Crippen LogP contribution in [-0.2, 0) is 9.47 Å². The maximum absolute atomic E-state index is 5.45. The highest BCUT2D eigenvalue weighted by Crippen LogP contribution is 2.15. The molecule has 26 heavy (non-hydrogen) atoms. The van der Waals surface area contributed by atoms with Crippen LogP contribution in [-0.4, -0.2) is 58.6 Å². The molecular weight excluding hydrogens is 328 g/mol. The lowest BCUT2D eigenvalue weighted by Gasteiger charge is -2.31. The van der Waals surface area contributed by atoms with Crippen molar-refractivity contribution >= 4 is 5.96 Å². The maximum atomic E-state index is 5.45. The number of aliphatic imine (C=N–C) groups is 1. The van der Waals surface area contributed by atoms with E-state index in [1.807, 2.05) is 6.07 Å². The summed E-state index contributed by atoms with van der Waals surface area (Å²) in [6.07, 6.45) is 0.928. The Labute approximate surface area is 158 Å². The molecule has 0 aliphatic rings. The predicted octanol–water partition coefficient (Wildman–Crippen LogP) is 2.33. The molecule has 0 radical (unpaired) electrons. The minimum atomic E-state index is -0.0733. The lowest BCUT2D eigenvalue weighted by atomic mass is 10.0. The highest BCUT2D eigenvalue weighted by atomic mass is 16.5. The minimum Gasteiger partial charge on any atom is -0.382 e. The monoisotopic (exact) mass is 364 g/mol. The summed E-state index contributed by atoms with van der Waals surface area (Å²) in [6, 6.07) is 10.8. The third-order valence-electron chi connectivity index (χ3n) is 4.02. The summed E-state index contributed by atoms with van der Waals surface area (Å²) < 4.78 is 10.4. The van der Waals surface area contributed by atoms with Gasteiger partial charge in [-0.15, -0.1) is 0 Å². The Morgan fingerprint density at radius 2 is 1.85 bits per heavy atom. The van der Waals surface area contributed by atoms with E-state index in [1.54, 1.807) is 14.2 Å². The van der Waals surface area contributed by atoms with Crippen molar-refractivity contribution in [3.63, 3.8) is 0 Å². The molecule has 0 saturated carbocycles. The Balaban J connectivity index is 2.28. The molecule has 1 rings (SSSR count). The van der Waals surface area contributed by atoms with Gasteiger partial charge in [-0.05, 0) is 32.8 Å². The second-order valence-electron chi connectivity index (χ2n) is 6.97. The topological polar surface area (TPSA) is 66.9 Å². The van der Waals surface area contributed by atoms with Gasteiger partial charge in [0.15, 0.2) is 5.96 Å². The average Bonchev–Trinajstić information content (AvgIpc) is 2.63. The first kappa shape index (κ1) is 22.4. The van der Waals surface area contributed by atoms with Gasteiger partial charge in [-0.25, -0.2) is 0 Å². The summed E-state index contributed by atoms with van der Waals surface area (Å²) in [5, 5.41) is 10.4. The second-order valence-corrected chi connectivity index (χ2v) is 6.97. The number of benzene rings is 1. The molecule has 0 bridgehead atoms. The highest BCUT2D eigenvalue weighted by Gasteiger charge is 2.21. The largest absolute Gasteiger partial charge is 0.382 e. The highest BCUT2D eigenvalue weighted by molar-refractivity contribution is 5.79. The lowest BCUT2D eigenvalue weighted by Crippen LogP contribution is -2.52. The number of rotatable bonds is 12. The fourth-order valence-corrected chi connectivity index (χ4v) is 2.61. The number of nitrogens with one attached hydrogen (secondary N) is 3. The van der Waals surface area contributed by atoms with Gasteiger partial charge in [0, 0.05) is 45.4 Å². The van der Waals surface area contributed by atoms with Gasteiger partial charge in [-0.3, -0.25) is 4.99 Å². The zero-order valence-electron chi connectivity index (χ0n) is 17.0. The number of hydrogen-bond donors (Lipinski definition) is 3. The van der Waals surface area contributed by atoms with E-state index in [2.05, 4.69) is 66.0 Å². The molecule has 0 fully saturated rings. The van der Waals surface area contributed by atoms with Crippen LogP contribution >= 0.6 is 0 Å². The molecule has 0 saturated heterocycles. The Hall–Kier alpha value is -1.63. The summed E-state index contributed by atoms with van der Waals surface area (Å²) in [5.41, 5.74) is 1.22. The van der Waals surface area contributed by atoms with Crippen LogP contribution in [0.4, 0.5) is 0 Å². The van der Waals surface area contributed by atoms with Crippen LogP contribution in [0, 0.1) is 0 Å². The molecule has 3 N–H and O–H groups in total. The van der Waals surface area contributed by atoms with Crippen molar-refractivity contribution in [2.75, 3.05) is 47.1 Å². The first-order valence-corrected chi connectivity index (χ1v) is 9.32. The summed E-state index contributed by atoms with van der Waals surface area (Å²) in [5.74, 6) is 0.809. The number of hydrogen-bond acceptors (Lipinski definition) is 4. The lowest BCUT2D eigenvalue weighted by molar-refractivity contribution is 0.0698. The molecular formula is C20H36N4O2. The van der Waals surface area contributed by atoms with Gasteiger partial charge < -0.3 is 25.4 Å². The van der Waals surface area contributed by atoms with Crippen LogP contribution in [0.15, 0.2) is 35.3 Å². The van der Waals surface area contributed by atoms with Crippen LogP contribution in [0.2, 0.25) is 0 Å². The summed E-state index contributed by atoms with van der Waals surface area (Å²) >= 11 is 0. The van der Waals surface area contributed by atoms with Crippen molar-refractivity contribution in [3.8, 4) is 0 Å². The third kappa shape index (κ3) is 9.75. The fourth-order valence-electron chi connectivity index (χ4n) is 2.61. The van der Waals surface area contributed by atoms with Gasteiger partial charge >= 0.3 is 0 Å². The van der Waals surface area contributed by atoms with Gasteiger partial charge in [-0.2, -0.15) is 0 Å². The Morgan fingerprint density at radius 3 is 2.50 bits per heavy atom. The zero-order chi connectivity index (χ0) is 19.3. The van der Waals surface area contributed by atoms with E-state index >= 15 is 0 Å². The molecule has 0 spiro atoms. The Kier molecular flexibility index (Phi) is 10.9. The van der Waals surface area contributed by atoms with Crippen molar-refractivity contribution in [2.45, 2.75) is 38.8 Å². The molecule has 6 heteroatoms. The summed E-state index contributed by atoms with van der Waals surface area (Å²) in [7, 11) is 3.47. The number of guanidine groups is 1. The van der Waals surface area contributed by atoms with E-state index in [-0.39, 0.29) is 11.6 Å². The number of methoxy groups -OCH3 is 1. The van der Waals surface area contributed by atoms with Crippen LogP contribution < -0.4 is 16.0 Å². The first-order valence-electron chi connectivity index (χ1n) is 9.32. The standard InChI is InChI=1S/C20H36N4O2/c1-17(18-10-7-6-8-11-18)24-20(2,3)16-23-19(21-4)22-12-9-13-26-15-14-25-5/h6-8,10-11,17,24H,9,12-16H2,1-5H3,(H2,21,22,23). The molecule has 0 amide bonds. The van der Waals surface area contributed by atoms with Gasteiger partial charge in [0.25, 0.3) is 0 Å². The molecule has 0 heterocycles. The molecule has 0 aliphatic carbocycles. The maximum Gasteiger partial charge on any atom is 0.191 e. The van der Waals surface area contributed by atoms with E-state index in [9.17, 15) is 0 Å². The van der Waals surface area contributed by atoms with E-state index < -0.39 is 0 Å². The number of nitrogens with zero attached hydrogens (tertiary/aromatic N) is 1. The molecule has 1 aromatic rings. The number of ether oxygens (including phenoxy) is 2. The van der Waals surface area contributed by atoms with Crippen LogP contribution in [0.25, 0.3) is 0 Å². The Morgan fingerprint density at radius 1 is 1.12 bits per heavy atom.